The maximum Gasteiger partial charge on any atom is 0.411 e. The maximum atomic E-state index is 14.0. The van der Waals surface area contributed by atoms with Gasteiger partial charge in [-0.2, -0.15) is 13.2 Å². The van der Waals surface area contributed by atoms with Crippen molar-refractivity contribution in [1.82, 2.24) is 14.1 Å². The molecule has 0 spiro atoms. The van der Waals surface area contributed by atoms with E-state index in [1.54, 1.807) is 51.1 Å². The van der Waals surface area contributed by atoms with Crippen molar-refractivity contribution < 1.29 is 31.9 Å². The molecule has 9 nitrogen and oxygen atoms in total. The third-order valence-electron chi connectivity index (χ3n) is 6.21. The number of aromatic nitrogens is 3. The topological polar surface area (TPSA) is 106 Å². The van der Waals surface area contributed by atoms with E-state index in [1.165, 1.54) is 30.9 Å². The molecule has 3 aromatic heterocycles. The maximum absolute atomic E-state index is 14.0. The van der Waals surface area contributed by atoms with Gasteiger partial charge < -0.3 is 13.9 Å². The highest BCUT2D eigenvalue weighted by Gasteiger charge is 2.38. The van der Waals surface area contributed by atoms with Gasteiger partial charge >= 0.3 is 17.8 Å². The third-order valence-corrected chi connectivity index (χ3v) is 7.51. The second-order valence-corrected chi connectivity index (χ2v) is 10.9. The molecule has 1 aromatic carbocycles. The highest BCUT2D eigenvalue weighted by atomic mass is 32.1. The molecule has 0 saturated carbocycles. The second kappa shape index (κ2) is 11.0. The van der Waals surface area contributed by atoms with Gasteiger partial charge in [0.05, 0.1) is 29.1 Å². The number of esters is 1. The van der Waals surface area contributed by atoms with Crippen LogP contribution < -0.4 is 11.2 Å². The fourth-order valence-electron chi connectivity index (χ4n) is 4.27. The number of alkyl halides is 3. The minimum atomic E-state index is -4.62. The smallest absolute Gasteiger partial charge is 0.411 e. The SMILES string of the molecule is Cc1c(-c2ncco2)sc2c1c(=O)n(C(C)(C)C(=O)OC(C)C)c(=O)n2CC(OCC(F)(F)F)c1ccccc1. The first-order chi connectivity index (χ1) is 18.7. The highest BCUT2D eigenvalue weighted by Crippen LogP contribution is 2.36. The summed E-state index contributed by atoms with van der Waals surface area (Å²) in [6.07, 6.45) is -3.58. The predicted octanol–water partition coefficient (Wildman–Crippen LogP) is 5.20. The van der Waals surface area contributed by atoms with Crippen molar-refractivity contribution in [3.8, 4) is 10.8 Å². The lowest BCUT2D eigenvalue weighted by Gasteiger charge is -2.27. The van der Waals surface area contributed by atoms with Gasteiger partial charge in [0.25, 0.3) is 5.56 Å². The number of halogens is 3. The first-order valence-corrected chi connectivity index (χ1v) is 13.2. The zero-order chi connectivity index (χ0) is 29.4. The van der Waals surface area contributed by atoms with Crippen molar-refractivity contribution in [2.75, 3.05) is 6.61 Å². The molecule has 0 amide bonds. The van der Waals surface area contributed by atoms with Crippen LogP contribution in [0.15, 0.2) is 56.8 Å². The van der Waals surface area contributed by atoms with Crippen LogP contribution in [0.25, 0.3) is 21.0 Å². The first kappa shape index (κ1) is 29.3. The van der Waals surface area contributed by atoms with Gasteiger partial charge in [-0.3, -0.25) is 9.36 Å². The molecule has 4 rings (SSSR count). The quantitative estimate of drug-likeness (QED) is 0.251. The molecular weight excluding hydrogens is 551 g/mol. The van der Waals surface area contributed by atoms with E-state index in [0.717, 1.165) is 15.9 Å². The molecule has 0 aliphatic heterocycles. The van der Waals surface area contributed by atoms with Crippen LogP contribution in [0.5, 0.6) is 0 Å². The molecule has 13 heteroatoms. The average Bonchev–Trinajstić information content (AvgIpc) is 3.51. The van der Waals surface area contributed by atoms with E-state index in [1.807, 2.05) is 0 Å². The summed E-state index contributed by atoms with van der Waals surface area (Å²) in [6, 6.07) is 8.14. The molecule has 0 aliphatic carbocycles. The summed E-state index contributed by atoms with van der Waals surface area (Å²) in [5.74, 6) is -0.614. The van der Waals surface area contributed by atoms with Crippen LogP contribution in [0, 0.1) is 6.92 Å². The number of fused-ring (bicyclic) bond motifs is 1. The number of hydrogen-bond acceptors (Lipinski definition) is 8. The summed E-state index contributed by atoms with van der Waals surface area (Å²) in [7, 11) is 0. The Balaban J connectivity index is 1.99. The molecule has 214 valence electrons. The number of oxazole rings is 1. The highest BCUT2D eigenvalue weighted by molar-refractivity contribution is 7.22. The van der Waals surface area contributed by atoms with Gasteiger partial charge in [0.15, 0.2) is 0 Å². The zero-order valence-electron chi connectivity index (χ0n) is 22.4. The monoisotopic (exact) mass is 579 g/mol. The Bertz CT molecular complexity index is 1620. The second-order valence-electron chi connectivity index (χ2n) is 9.95. The number of rotatable bonds is 9. The van der Waals surface area contributed by atoms with Crippen LogP contribution >= 0.6 is 11.3 Å². The van der Waals surface area contributed by atoms with Crippen LogP contribution in [0.1, 0.15) is 44.9 Å². The van der Waals surface area contributed by atoms with Crippen LogP contribution in [0.4, 0.5) is 13.2 Å². The number of nitrogens with zero attached hydrogens (tertiary/aromatic N) is 3. The Hall–Kier alpha value is -3.71. The Kier molecular flexibility index (Phi) is 8.08. The molecule has 0 radical (unpaired) electrons. The van der Waals surface area contributed by atoms with Crippen molar-refractivity contribution in [1.29, 1.82) is 0 Å². The summed E-state index contributed by atoms with van der Waals surface area (Å²) in [5, 5.41) is 0.103. The predicted molar refractivity (Wildman–Crippen MR) is 142 cm³/mol. The largest absolute Gasteiger partial charge is 0.461 e. The molecule has 1 atom stereocenters. The van der Waals surface area contributed by atoms with Crippen LogP contribution in [-0.2, 0) is 26.4 Å². The lowest BCUT2D eigenvalue weighted by atomic mass is 10.0. The number of benzene rings is 1. The van der Waals surface area contributed by atoms with Crippen molar-refractivity contribution in [2.24, 2.45) is 0 Å². The van der Waals surface area contributed by atoms with Crippen molar-refractivity contribution in [3.05, 3.63) is 74.8 Å². The standard InChI is InChI=1S/C27H28F3N3O6S/c1-15(2)39-24(35)26(4,5)33-22(34)19-16(3)20(21-31-11-12-37-21)40-23(19)32(25(33)36)13-18(38-14-27(28,29)30)17-9-7-6-8-10-17/h6-12,15,18H,13-14H2,1-5H3. The van der Waals surface area contributed by atoms with E-state index in [2.05, 4.69) is 4.98 Å². The van der Waals surface area contributed by atoms with Crippen molar-refractivity contribution in [2.45, 2.75) is 65.1 Å². The number of carbonyl (C=O) groups excluding carboxylic acids is 1. The van der Waals surface area contributed by atoms with Crippen LogP contribution in [0.3, 0.4) is 0 Å². The molecule has 0 N–H and O–H groups in total. The minimum absolute atomic E-state index is 0.103. The zero-order valence-corrected chi connectivity index (χ0v) is 23.3. The Labute approximate surface area is 230 Å². The average molecular weight is 580 g/mol. The summed E-state index contributed by atoms with van der Waals surface area (Å²) in [4.78, 5) is 45.7. The molecule has 0 bridgehead atoms. The van der Waals surface area contributed by atoms with Gasteiger partial charge in [-0.05, 0) is 45.7 Å². The van der Waals surface area contributed by atoms with Gasteiger partial charge in [0.2, 0.25) is 5.89 Å². The number of ether oxygens (including phenoxy) is 2. The molecule has 4 aromatic rings. The summed E-state index contributed by atoms with van der Waals surface area (Å²) >= 11 is 1.04. The summed E-state index contributed by atoms with van der Waals surface area (Å²) < 4.78 is 57.5. The van der Waals surface area contributed by atoms with Gasteiger partial charge in [-0.1, -0.05) is 30.3 Å². The summed E-state index contributed by atoms with van der Waals surface area (Å²) in [5.41, 5.74) is -2.57. The molecule has 40 heavy (non-hydrogen) atoms. The van der Waals surface area contributed by atoms with Crippen molar-refractivity contribution >= 4 is 27.5 Å². The molecule has 0 aliphatic rings. The van der Waals surface area contributed by atoms with Gasteiger partial charge in [0, 0.05) is 0 Å². The first-order valence-electron chi connectivity index (χ1n) is 12.4. The minimum Gasteiger partial charge on any atom is -0.461 e. The van der Waals surface area contributed by atoms with Crippen LogP contribution in [0.2, 0.25) is 0 Å². The number of hydrogen-bond donors (Lipinski definition) is 0. The van der Waals surface area contributed by atoms with Gasteiger partial charge in [-0.15, -0.1) is 11.3 Å². The lowest BCUT2D eigenvalue weighted by Crippen LogP contribution is -2.53. The van der Waals surface area contributed by atoms with E-state index >= 15 is 0 Å². The number of aryl methyl sites for hydroxylation is 1. The number of thiophene rings is 1. The molecular formula is C27H28F3N3O6S. The molecule has 0 fully saturated rings. The van der Waals surface area contributed by atoms with Crippen molar-refractivity contribution in [3.63, 3.8) is 0 Å². The fourth-order valence-corrected chi connectivity index (χ4v) is 5.51. The van der Waals surface area contributed by atoms with Gasteiger partial charge in [0.1, 0.15) is 29.3 Å². The normalized spacial score (nSPS) is 13.2. The summed E-state index contributed by atoms with van der Waals surface area (Å²) in [6.45, 7) is 5.73. The van der Waals surface area contributed by atoms with E-state index in [0.29, 0.717) is 16.0 Å². The number of carbonyl (C=O) groups is 1. The Morgan fingerprint density at radius 2 is 1.82 bits per heavy atom. The van der Waals surface area contributed by atoms with E-state index in [9.17, 15) is 27.6 Å². The Morgan fingerprint density at radius 3 is 2.40 bits per heavy atom. The fraction of sp³-hybridized carbons (Fsp3) is 0.407. The van der Waals surface area contributed by atoms with E-state index in [-0.39, 0.29) is 22.7 Å². The molecule has 0 saturated heterocycles. The van der Waals surface area contributed by atoms with Gasteiger partial charge in [-0.25, -0.2) is 19.1 Å². The molecule has 1 unspecified atom stereocenters. The Morgan fingerprint density at radius 1 is 1.15 bits per heavy atom. The molecule has 3 heterocycles. The lowest BCUT2D eigenvalue weighted by molar-refractivity contribution is -0.187. The third kappa shape index (κ3) is 5.75. The van der Waals surface area contributed by atoms with E-state index < -0.39 is 47.7 Å². The van der Waals surface area contributed by atoms with Crippen LogP contribution in [-0.4, -0.2) is 39.0 Å². The van der Waals surface area contributed by atoms with E-state index in [4.69, 9.17) is 13.9 Å².